The van der Waals surface area contributed by atoms with Gasteiger partial charge in [-0.25, -0.2) is 14.3 Å². The maximum atomic E-state index is 12.5. The van der Waals surface area contributed by atoms with E-state index in [0.29, 0.717) is 32.3 Å². The lowest BCUT2D eigenvalue weighted by molar-refractivity contribution is 0.168. The van der Waals surface area contributed by atoms with Gasteiger partial charge >= 0.3 is 11.7 Å². The summed E-state index contributed by atoms with van der Waals surface area (Å²) in [4.78, 5) is 26.5. The lowest BCUT2D eigenvalue weighted by Gasteiger charge is -2.32. The Kier molecular flexibility index (Phi) is 5.78. The van der Waals surface area contributed by atoms with E-state index in [1.165, 1.54) is 17.5 Å². The molecule has 1 N–H and O–H groups in total. The number of hydrogen-bond acceptors (Lipinski definition) is 4. The van der Waals surface area contributed by atoms with Crippen molar-refractivity contribution in [2.24, 2.45) is 7.05 Å². The van der Waals surface area contributed by atoms with Crippen LogP contribution < -0.4 is 11.0 Å². The van der Waals surface area contributed by atoms with Crippen molar-refractivity contribution < 1.29 is 9.53 Å². The van der Waals surface area contributed by atoms with Crippen LogP contribution in [0.1, 0.15) is 56.3 Å². The molecule has 1 aromatic heterocycles. The molecular formula is C17H29N5O3. The lowest BCUT2D eigenvalue weighted by atomic mass is 9.95. The number of hydrogen-bond donors (Lipinski definition) is 1. The summed E-state index contributed by atoms with van der Waals surface area (Å²) in [7, 11) is 3.35. The third kappa shape index (κ3) is 3.89. The van der Waals surface area contributed by atoms with Crippen LogP contribution in [0.3, 0.4) is 0 Å². The van der Waals surface area contributed by atoms with E-state index < -0.39 is 0 Å². The summed E-state index contributed by atoms with van der Waals surface area (Å²) in [6.07, 6.45) is 6.21. The maximum Gasteiger partial charge on any atom is 0.345 e. The van der Waals surface area contributed by atoms with E-state index >= 15 is 0 Å². The van der Waals surface area contributed by atoms with E-state index in [1.807, 2.05) is 9.47 Å². The lowest BCUT2D eigenvalue weighted by Crippen LogP contribution is -2.45. The van der Waals surface area contributed by atoms with Crippen LogP contribution in [0.25, 0.3) is 0 Å². The number of amides is 2. The fourth-order valence-electron chi connectivity index (χ4n) is 4.00. The van der Waals surface area contributed by atoms with Crippen LogP contribution in [0.5, 0.6) is 0 Å². The van der Waals surface area contributed by atoms with Gasteiger partial charge in [-0.3, -0.25) is 4.57 Å². The summed E-state index contributed by atoms with van der Waals surface area (Å²) in [6, 6.07) is 0.260. The monoisotopic (exact) mass is 351 g/mol. The molecule has 1 saturated heterocycles. The number of urea groups is 1. The van der Waals surface area contributed by atoms with Crippen molar-refractivity contribution >= 4 is 6.03 Å². The zero-order valence-corrected chi connectivity index (χ0v) is 15.2. The van der Waals surface area contributed by atoms with Gasteiger partial charge < -0.3 is 15.0 Å². The molecule has 2 fully saturated rings. The van der Waals surface area contributed by atoms with Gasteiger partial charge in [0.1, 0.15) is 5.82 Å². The summed E-state index contributed by atoms with van der Waals surface area (Å²) in [5.41, 5.74) is 0.00152. The van der Waals surface area contributed by atoms with Crippen molar-refractivity contribution in [2.45, 2.75) is 50.5 Å². The number of aromatic nitrogens is 3. The van der Waals surface area contributed by atoms with Gasteiger partial charge in [-0.2, -0.15) is 5.10 Å². The molecule has 1 aliphatic carbocycles. The van der Waals surface area contributed by atoms with E-state index in [1.54, 1.807) is 14.2 Å². The van der Waals surface area contributed by atoms with Crippen LogP contribution in [0.4, 0.5) is 4.79 Å². The number of carbonyl (C=O) groups is 1. The number of piperidine rings is 1. The zero-order valence-electron chi connectivity index (χ0n) is 15.2. The van der Waals surface area contributed by atoms with E-state index in [2.05, 4.69) is 10.4 Å². The number of rotatable bonds is 5. The van der Waals surface area contributed by atoms with Crippen molar-refractivity contribution in [1.82, 2.24) is 24.6 Å². The van der Waals surface area contributed by atoms with Gasteiger partial charge in [0.25, 0.3) is 0 Å². The fraction of sp³-hybridized carbons (Fsp3) is 0.824. The zero-order chi connectivity index (χ0) is 17.8. The Hall–Kier alpha value is -1.83. The predicted octanol–water partition coefficient (Wildman–Crippen LogP) is 1.23. The van der Waals surface area contributed by atoms with Crippen LogP contribution in [-0.2, 0) is 11.8 Å². The average Bonchev–Trinajstić information content (AvgIpc) is 3.24. The van der Waals surface area contributed by atoms with Crippen molar-refractivity contribution in [1.29, 1.82) is 0 Å². The van der Waals surface area contributed by atoms with E-state index in [4.69, 9.17) is 4.74 Å². The molecule has 0 atom stereocenters. The third-order valence-corrected chi connectivity index (χ3v) is 5.40. The maximum absolute atomic E-state index is 12.5. The molecule has 8 nitrogen and oxygen atoms in total. The van der Waals surface area contributed by atoms with Crippen LogP contribution in [-0.4, -0.2) is 58.6 Å². The number of aryl methyl sites for hydroxylation is 1. The highest BCUT2D eigenvalue weighted by atomic mass is 16.5. The minimum absolute atomic E-state index is 0.00152. The van der Waals surface area contributed by atoms with Gasteiger partial charge in [0.2, 0.25) is 0 Å². The number of nitrogens with one attached hydrogen (secondary N) is 1. The largest absolute Gasteiger partial charge is 0.383 e. The second-order valence-electron chi connectivity index (χ2n) is 7.06. The molecule has 0 radical (unpaired) electrons. The molecule has 1 aromatic rings. The van der Waals surface area contributed by atoms with Gasteiger partial charge in [-0.05, 0) is 25.7 Å². The Balaban J connectivity index is 1.64. The van der Waals surface area contributed by atoms with Gasteiger partial charge in [0, 0.05) is 45.8 Å². The van der Waals surface area contributed by atoms with Crippen LogP contribution in [0, 0.1) is 0 Å². The number of methoxy groups -OCH3 is 1. The van der Waals surface area contributed by atoms with Crippen LogP contribution in [0.2, 0.25) is 0 Å². The van der Waals surface area contributed by atoms with Gasteiger partial charge in [0.05, 0.1) is 6.61 Å². The van der Waals surface area contributed by atoms with E-state index in [0.717, 1.165) is 31.5 Å². The van der Waals surface area contributed by atoms with Gasteiger partial charge in [0.15, 0.2) is 0 Å². The molecule has 2 amide bonds. The average molecular weight is 351 g/mol. The van der Waals surface area contributed by atoms with E-state index in [9.17, 15) is 9.59 Å². The first kappa shape index (κ1) is 18.0. The molecule has 3 rings (SSSR count). The highest BCUT2D eigenvalue weighted by molar-refractivity contribution is 5.74. The van der Waals surface area contributed by atoms with Gasteiger partial charge in [-0.1, -0.05) is 12.8 Å². The number of carbonyl (C=O) groups excluding carboxylic acids is 1. The van der Waals surface area contributed by atoms with Crippen LogP contribution in [0.15, 0.2) is 4.79 Å². The Morgan fingerprint density at radius 1 is 1.24 bits per heavy atom. The first-order chi connectivity index (χ1) is 12.1. The summed E-state index contributed by atoms with van der Waals surface area (Å²) < 4.78 is 8.36. The highest BCUT2D eigenvalue weighted by Crippen LogP contribution is 2.33. The molecule has 1 aliphatic heterocycles. The molecule has 1 saturated carbocycles. The standard InChI is InChI=1S/C17H29N5O3/c1-20-17(24)22(14-5-3-4-6-14)15(19-20)13-7-10-21(11-8-13)16(23)18-9-12-25-2/h13-14H,3-12H2,1-2H3,(H,18,23). The molecule has 2 aliphatic rings. The normalized spacial score (nSPS) is 19.5. The molecular weight excluding hydrogens is 322 g/mol. The summed E-state index contributed by atoms with van der Waals surface area (Å²) >= 11 is 0. The molecule has 25 heavy (non-hydrogen) atoms. The topological polar surface area (TPSA) is 81.4 Å². The fourth-order valence-corrected chi connectivity index (χ4v) is 4.00. The van der Waals surface area contributed by atoms with Crippen molar-refractivity contribution in [3.63, 3.8) is 0 Å². The minimum Gasteiger partial charge on any atom is -0.383 e. The van der Waals surface area contributed by atoms with E-state index in [-0.39, 0.29) is 17.6 Å². The summed E-state index contributed by atoms with van der Waals surface area (Å²) in [5, 5.41) is 7.40. The molecule has 0 bridgehead atoms. The Morgan fingerprint density at radius 2 is 1.92 bits per heavy atom. The predicted molar refractivity (Wildman–Crippen MR) is 93.8 cm³/mol. The Labute approximate surface area is 148 Å². The summed E-state index contributed by atoms with van der Waals surface area (Å²) in [6.45, 7) is 2.43. The smallest absolute Gasteiger partial charge is 0.345 e. The first-order valence-corrected chi connectivity index (χ1v) is 9.29. The molecule has 0 spiro atoms. The second kappa shape index (κ2) is 8.03. The molecule has 2 heterocycles. The van der Waals surface area contributed by atoms with Crippen molar-refractivity contribution in [3.05, 3.63) is 16.3 Å². The van der Waals surface area contributed by atoms with Crippen molar-refractivity contribution in [2.75, 3.05) is 33.4 Å². The van der Waals surface area contributed by atoms with Gasteiger partial charge in [-0.15, -0.1) is 0 Å². The molecule has 0 unspecified atom stereocenters. The molecule has 8 heteroatoms. The highest BCUT2D eigenvalue weighted by Gasteiger charge is 2.31. The Morgan fingerprint density at radius 3 is 2.56 bits per heavy atom. The molecule has 0 aromatic carbocycles. The number of ether oxygens (including phenoxy) is 1. The third-order valence-electron chi connectivity index (χ3n) is 5.40. The SMILES string of the molecule is COCCNC(=O)N1CCC(c2nn(C)c(=O)n2C2CCCC2)CC1. The molecule has 140 valence electrons. The number of nitrogens with zero attached hydrogens (tertiary/aromatic N) is 4. The second-order valence-corrected chi connectivity index (χ2v) is 7.06. The van der Waals surface area contributed by atoms with Crippen molar-refractivity contribution in [3.8, 4) is 0 Å². The summed E-state index contributed by atoms with van der Waals surface area (Å²) in [5.74, 6) is 1.16. The first-order valence-electron chi connectivity index (χ1n) is 9.29. The Bertz CT molecular complexity index is 639. The quantitative estimate of drug-likeness (QED) is 0.809. The minimum atomic E-state index is -0.0373. The van der Waals surface area contributed by atoms with Crippen LogP contribution >= 0.6 is 0 Å². The number of likely N-dealkylation sites (tertiary alicyclic amines) is 1.